The van der Waals surface area contributed by atoms with Gasteiger partial charge in [0.2, 0.25) is 0 Å². The fraction of sp³-hybridized carbons (Fsp3) is 0.588. The van der Waals surface area contributed by atoms with Gasteiger partial charge in [0.15, 0.2) is 9.84 Å². The van der Waals surface area contributed by atoms with Gasteiger partial charge in [0.25, 0.3) is 5.91 Å². The molecule has 2 saturated heterocycles. The first kappa shape index (κ1) is 16.5. The number of nitrogens with zero attached hydrogens (tertiary/aromatic N) is 1. The van der Waals surface area contributed by atoms with E-state index in [1.54, 1.807) is 0 Å². The Kier molecular flexibility index (Phi) is 4.47. The van der Waals surface area contributed by atoms with Gasteiger partial charge < -0.3 is 9.80 Å². The van der Waals surface area contributed by atoms with Crippen LogP contribution in [0.5, 0.6) is 0 Å². The smallest absolute Gasteiger partial charge is 0.254 e. The number of hydrogen-bond acceptors (Lipinski definition) is 3. The molecule has 5 nitrogen and oxygen atoms in total. The Morgan fingerprint density at radius 1 is 1.17 bits per heavy atom. The van der Waals surface area contributed by atoms with Gasteiger partial charge in [-0.25, -0.2) is 8.42 Å². The molecule has 2 aliphatic rings. The number of piperazine rings is 1. The van der Waals surface area contributed by atoms with Crippen molar-refractivity contribution < 1.29 is 18.1 Å². The van der Waals surface area contributed by atoms with E-state index in [0.29, 0.717) is 24.6 Å². The molecule has 1 atom stereocenters. The topological polar surface area (TPSA) is 58.9 Å². The Bertz CT molecular complexity index is 707. The normalized spacial score (nSPS) is 24.8. The van der Waals surface area contributed by atoms with Gasteiger partial charge in [-0.3, -0.25) is 4.79 Å². The first-order chi connectivity index (χ1) is 10.9. The van der Waals surface area contributed by atoms with E-state index in [9.17, 15) is 13.2 Å². The Morgan fingerprint density at radius 3 is 2.43 bits per heavy atom. The molecule has 1 aromatic carbocycles. The van der Waals surface area contributed by atoms with E-state index in [1.807, 2.05) is 36.9 Å². The van der Waals surface area contributed by atoms with E-state index in [1.165, 1.54) is 10.5 Å². The third-order valence-corrected chi connectivity index (χ3v) is 7.02. The van der Waals surface area contributed by atoms with Crippen LogP contribution in [-0.2, 0) is 9.84 Å². The summed E-state index contributed by atoms with van der Waals surface area (Å²) in [6.07, 6.45) is 0.767. The average Bonchev–Trinajstić information content (AvgIpc) is 2.89. The number of carbonyl (C=O) groups excluding carboxylic acids is 1. The number of quaternary nitrogens is 1. The lowest BCUT2D eigenvalue weighted by Crippen LogP contribution is -3.18. The standard InChI is InChI=1S/C17H24N2O3S/c1-13-3-4-15(11-14(13)2)17(20)19-8-6-18(7-9-19)16-5-10-23(21,22)12-16/h3-4,11,16H,5-10,12H2,1-2H3/p+1/t16-/m0/s1. The molecule has 0 radical (unpaired) electrons. The quantitative estimate of drug-likeness (QED) is 0.815. The van der Waals surface area contributed by atoms with Crippen molar-refractivity contribution in [3.05, 3.63) is 34.9 Å². The molecule has 0 aliphatic carbocycles. The third-order valence-electron chi connectivity index (χ3n) is 5.26. The minimum atomic E-state index is -2.83. The van der Waals surface area contributed by atoms with Crippen molar-refractivity contribution in [2.24, 2.45) is 0 Å². The van der Waals surface area contributed by atoms with Gasteiger partial charge in [0.1, 0.15) is 11.8 Å². The van der Waals surface area contributed by atoms with Crippen LogP contribution in [0, 0.1) is 13.8 Å². The van der Waals surface area contributed by atoms with Crippen molar-refractivity contribution in [1.29, 1.82) is 0 Å². The summed E-state index contributed by atoms with van der Waals surface area (Å²) in [5.41, 5.74) is 3.08. The maximum absolute atomic E-state index is 12.6. The molecular weight excluding hydrogens is 312 g/mol. The van der Waals surface area contributed by atoms with E-state index in [4.69, 9.17) is 0 Å². The van der Waals surface area contributed by atoms with Crippen molar-refractivity contribution in [2.45, 2.75) is 26.3 Å². The predicted molar refractivity (Wildman–Crippen MR) is 89.6 cm³/mol. The summed E-state index contributed by atoms with van der Waals surface area (Å²) in [7, 11) is -2.83. The average molecular weight is 337 g/mol. The van der Waals surface area contributed by atoms with Gasteiger partial charge >= 0.3 is 0 Å². The van der Waals surface area contributed by atoms with E-state index < -0.39 is 9.84 Å². The highest BCUT2D eigenvalue weighted by atomic mass is 32.2. The van der Waals surface area contributed by atoms with Gasteiger partial charge in [0, 0.05) is 12.0 Å². The highest BCUT2D eigenvalue weighted by molar-refractivity contribution is 7.91. The van der Waals surface area contributed by atoms with Crippen molar-refractivity contribution in [3.8, 4) is 0 Å². The van der Waals surface area contributed by atoms with Crippen molar-refractivity contribution in [1.82, 2.24) is 4.90 Å². The summed E-state index contributed by atoms with van der Waals surface area (Å²) in [4.78, 5) is 15.9. The number of rotatable bonds is 2. The van der Waals surface area contributed by atoms with Crippen LogP contribution in [0.2, 0.25) is 0 Å². The zero-order valence-electron chi connectivity index (χ0n) is 13.8. The van der Waals surface area contributed by atoms with Crippen LogP contribution in [0.1, 0.15) is 27.9 Å². The van der Waals surface area contributed by atoms with E-state index in [-0.39, 0.29) is 11.9 Å². The summed E-state index contributed by atoms with van der Waals surface area (Å²) in [5.74, 6) is 0.728. The fourth-order valence-corrected chi connectivity index (χ4v) is 5.41. The lowest BCUT2D eigenvalue weighted by atomic mass is 10.1. The second-order valence-electron chi connectivity index (χ2n) is 6.85. The predicted octanol–water partition coefficient (Wildman–Crippen LogP) is -0.169. The molecule has 2 heterocycles. The first-order valence-corrected chi connectivity index (χ1v) is 10.1. The van der Waals surface area contributed by atoms with Gasteiger partial charge in [-0.2, -0.15) is 0 Å². The SMILES string of the molecule is Cc1ccc(C(=O)N2CC[NH+]([C@H]3CCS(=O)(=O)C3)CC2)cc1C. The molecule has 1 N–H and O–H groups in total. The molecule has 0 unspecified atom stereocenters. The number of sulfone groups is 1. The lowest BCUT2D eigenvalue weighted by molar-refractivity contribution is -0.925. The van der Waals surface area contributed by atoms with Crippen molar-refractivity contribution in [2.75, 3.05) is 37.7 Å². The zero-order valence-corrected chi connectivity index (χ0v) is 14.7. The number of carbonyl (C=O) groups is 1. The Balaban J connectivity index is 1.60. The van der Waals surface area contributed by atoms with Crippen LogP contribution in [0.4, 0.5) is 0 Å². The minimum absolute atomic E-state index is 0.0891. The van der Waals surface area contributed by atoms with Crippen LogP contribution in [0.15, 0.2) is 18.2 Å². The summed E-state index contributed by atoms with van der Waals surface area (Å²) >= 11 is 0. The molecule has 126 valence electrons. The second kappa shape index (κ2) is 6.24. The van der Waals surface area contributed by atoms with Crippen LogP contribution in [0.25, 0.3) is 0 Å². The maximum atomic E-state index is 12.6. The Labute approximate surface area is 138 Å². The van der Waals surface area contributed by atoms with Gasteiger partial charge in [-0.15, -0.1) is 0 Å². The zero-order chi connectivity index (χ0) is 16.6. The number of aryl methyl sites for hydroxylation is 2. The van der Waals surface area contributed by atoms with Crippen LogP contribution < -0.4 is 4.90 Å². The number of amides is 1. The summed E-state index contributed by atoms with van der Waals surface area (Å²) < 4.78 is 23.2. The van der Waals surface area contributed by atoms with E-state index in [0.717, 1.165) is 30.6 Å². The molecule has 1 aromatic rings. The molecule has 23 heavy (non-hydrogen) atoms. The third kappa shape index (κ3) is 3.58. The lowest BCUT2D eigenvalue weighted by Gasteiger charge is -2.35. The van der Waals surface area contributed by atoms with Gasteiger partial charge in [-0.1, -0.05) is 6.07 Å². The largest absolute Gasteiger partial charge is 0.329 e. The number of nitrogens with one attached hydrogen (secondary N) is 1. The maximum Gasteiger partial charge on any atom is 0.254 e. The number of benzene rings is 1. The summed E-state index contributed by atoms with van der Waals surface area (Å²) in [6, 6.07) is 6.07. The number of hydrogen-bond donors (Lipinski definition) is 1. The van der Waals surface area contributed by atoms with Crippen molar-refractivity contribution >= 4 is 15.7 Å². The summed E-state index contributed by atoms with van der Waals surface area (Å²) in [5, 5.41) is 0. The van der Waals surface area contributed by atoms with Gasteiger partial charge in [-0.05, 0) is 37.1 Å². The second-order valence-corrected chi connectivity index (χ2v) is 9.08. The molecule has 3 rings (SSSR count). The van der Waals surface area contributed by atoms with E-state index >= 15 is 0 Å². The molecule has 1 amide bonds. The minimum Gasteiger partial charge on any atom is -0.329 e. The molecule has 2 aliphatic heterocycles. The molecule has 0 bridgehead atoms. The van der Waals surface area contributed by atoms with Crippen molar-refractivity contribution in [3.63, 3.8) is 0 Å². The van der Waals surface area contributed by atoms with Crippen LogP contribution in [0.3, 0.4) is 0 Å². The Hall–Kier alpha value is -1.40. The van der Waals surface area contributed by atoms with Crippen LogP contribution >= 0.6 is 0 Å². The molecule has 6 heteroatoms. The Morgan fingerprint density at radius 2 is 1.87 bits per heavy atom. The molecule has 0 aromatic heterocycles. The van der Waals surface area contributed by atoms with E-state index in [2.05, 4.69) is 0 Å². The monoisotopic (exact) mass is 337 g/mol. The van der Waals surface area contributed by atoms with Crippen LogP contribution in [-0.4, -0.2) is 63.0 Å². The highest BCUT2D eigenvalue weighted by Gasteiger charge is 2.37. The molecular formula is C17H25N2O3S+. The summed E-state index contributed by atoms with van der Waals surface area (Å²) in [6.45, 7) is 7.17. The molecule has 0 spiro atoms. The first-order valence-electron chi connectivity index (χ1n) is 8.27. The molecule has 0 saturated carbocycles. The highest BCUT2D eigenvalue weighted by Crippen LogP contribution is 2.13. The fourth-order valence-electron chi connectivity index (χ4n) is 3.58. The van der Waals surface area contributed by atoms with Gasteiger partial charge in [0.05, 0.1) is 31.9 Å². The molecule has 2 fully saturated rings.